The molecule has 0 aliphatic heterocycles. The van der Waals surface area contributed by atoms with Gasteiger partial charge in [-0.1, -0.05) is 89.8 Å². The Morgan fingerprint density at radius 2 is 1.24 bits per heavy atom. The van der Waals surface area contributed by atoms with E-state index in [9.17, 15) is 4.79 Å². The van der Waals surface area contributed by atoms with Crippen molar-refractivity contribution in [2.45, 2.75) is 110 Å². The highest BCUT2D eigenvalue weighted by Crippen LogP contribution is 2.19. The zero-order chi connectivity index (χ0) is 23.5. The molecule has 0 aliphatic rings. The fourth-order valence-corrected chi connectivity index (χ4v) is 4.42. The molecule has 0 spiro atoms. The van der Waals surface area contributed by atoms with Gasteiger partial charge in [0, 0.05) is 0 Å². The molecule has 33 heavy (non-hydrogen) atoms. The molecule has 0 heterocycles. The number of ether oxygens (including phenoxy) is 1. The van der Waals surface area contributed by atoms with Crippen molar-refractivity contribution in [3.05, 3.63) is 30.3 Å². The van der Waals surface area contributed by atoms with E-state index in [1.165, 1.54) is 94.6 Å². The highest BCUT2D eigenvalue weighted by Gasteiger charge is 2.18. The third-order valence-corrected chi connectivity index (χ3v) is 6.72. The average Bonchev–Trinajstić information content (AvgIpc) is 2.78. The van der Waals surface area contributed by atoms with E-state index in [2.05, 4.69) is 27.9 Å². The number of hydrogen-bond donors (Lipinski definition) is 0. The summed E-state index contributed by atoms with van der Waals surface area (Å²) >= 11 is 0. The first-order chi connectivity index (χ1) is 15.5. The van der Waals surface area contributed by atoms with Crippen LogP contribution in [0.1, 0.15) is 110 Å². The zero-order valence-corrected chi connectivity index (χ0v) is 22.9. The molecule has 1 rings (SSSR count). The second-order valence-electron chi connectivity index (χ2n) is 10.3. The van der Waals surface area contributed by atoms with Crippen molar-refractivity contribution in [3.8, 4) is 5.75 Å². The van der Waals surface area contributed by atoms with E-state index in [1.807, 2.05) is 30.3 Å². The number of hydrogen-bond acceptors (Lipinski definition) is 2. The van der Waals surface area contributed by atoms with Gasteiger partial charge in [0.2, 0.25) is 0 Å². The van der Waals surface area contributed by atoms with Gasteiger partial charge < -0.3 is 21.6 Å². The zero-order valence-electron chi connectivity index (χ0n) is 22.1. The molecular formula is C29H52ClNO2. The van der Waals surface area contributed by atoms with Crippen molar-refractivity contribution in [1.82, 2.24) is 0 Å². The van der Waals surface area contributed by atoms with Crippen LogP contribution in [-0.4, -0.2) is 37.6 Å². The van der Waals surface area contributed by atoms with Crippen LogP contribution in [0.2, 0.25) is 0 Å². The minimum absolute atomic E-state index is 0. The Balaban J connectivity index is 0.0000102. The number of benzene rings is 1. The van der Waals surface area contributed by atoms with Crippen molar-refractivity contribution in [2.75, 3.05) is 27.2 Å². The molecule has 1 atom stereocenters. The van der Waals surface area contributed by atoms with Gasteiger partial charge in [0.15, 0.2) is 0 Å². The van der Waals surface area contributed by atoms with Crippen LogP contribution in [0.15, 0.2) is 30.3 Å². The number of nitrogens with zero attached hydrogens (tertiary/aromatic N) is 1. The van der Waals surface area contributed by atoms with Gasteiger partial charge in [0.1, 0.15) is 5.75 Å². The van der Waals surface area contributed by atoms with Crippen LogP contribution < -0.4 is 17.1 Å². The lowest BCUT2D eigenvalue weighted by atomic mass is 9.98. The summed E-state index contributed by atoms with van der Waals surface area (Å²) in [5.74, 6) is 0.618. The highest BCUT2D eigenvalue weighted by molar-refractivity contribution is 5.75. The lowest BCUT2D eigenvalue weighted by Crippen LogP contribution is -3.00. The smallest absolute Gasteiger partial charge is 0.314 e. The molecule has 0 radical (unpaired) electrons. The summed E-state index contributed by atoms with van der Waals surface area (Å²) < 4.78 is 6.71. The van der Waals surface area contributed by atoms with E-state index < -0.39 is 0 Å². The van der Waals surface area contributed by atoms with Crippen molar-refractivity contribution in [2.24, 2.45) is 5.92 Å². The van der Waals surface area contributed by atoms with Crippen LogP contribution in [0.25, 0.3) is 0 Å². The molecule has 0 aromatic heterocycles. The fourth-order valence-electron chi connectivity index (χ4n) is 4.42. The summed E-state index contributed by atoms with van der Waals surface area (Å²) in [6.07, 6.45) is 19.2. The lowest BCUT2D eigenvalue weighted by Gasteiger charge is -2.30. The topological polar surface area (TPSA) is 26.3 Å². The van der Waals surface area contributed by atoms with Gasteiger partial charge in [-0.05, 0) is 50.7 Å². The molecule has 1 aromatic rings. The molecule has 0 saturated heterocycles. The first kappa shape index (κ1) is 31.9. The quantitative estimate of drug-likeness (QED) is 0.111. The molecule has 1 aromatic carbocycles. The van der Waals surface area contributed by atoms with Crippen molar-refractivity contribution in [3.63, 3.8) is 0 Å². The van der Waals surface area contributed by atoms with E-state index in [1.54, 1.807) is 0 Å². The summed E-state index contributed by atoms with van der Waals surface area (Å²) in [6.45, 7) is 7.02. The van der Waals surface area contributed by atoms with Crippen molar-refractivity contribution in [1.29, 1.82) is 0 Å². The number of carbonyl (C=O) groups is 1. The van der Waals surface area contributed by atoms with E-state index in [0.717, 1.165) is 19.3 Å². The highest BCUT2D eigenvalue weighted by atomic mass is 35.5. The van der Waals surface area contributed by atoms with Gasteiger partial charge in [-0.25, -0.2) is 0 Å². The van der Waals surface area contributed by atoms with Crippen LogP contribution in [-0.2, 0) is 4.79 Å². The third kappa shape index (κ3) is 17.1. The molecule has 0 amide bonds. The summed E-state index contributed by atoms with van der Waals surface area (Å²) in [7, 11) is 4.80. The van der Waals surface area contributed by atoms with E-state index in [4.69, 9.17) is 4.74 Å². The van der Waals surface area contributed by atoms with Crippen LogP contribution in [0, 0.1) is 5.92 Å². The van der Waals surface area contributed by atoms with Crippen molar-refractivity contribution < 1.29 is 26.4 Å². The summed E-state index contributed by atoms with van der Waals surface area (Å²) in [4.78, 5) is 12.4. The molecule has 3 nitrogen and oxygen atoms in total. The van der Waals surface area contributed by atoms with Gasteiger partial charge in [-0.15, -0.1) is 0 Å². The Hall–Kier alpha value is -1.06. The van der Waals surface area contributed by atoms with Gasteiger partial charge in [0.25, 0.3) is 0 Å². The molecule has 1 unspecified atom stereocenters. The number of halogens is 1. The standard InChI is InChI=1S/C29H52NO2.ClH/c1-5-7-8-9-14-20-25-30(3,4)26-21-15-12-10-11-13-17-22-27(6-2)29(31)32-28-23-18-16-19-24-28;/h16,18-19,23-24,27H,5-15,17,20-22,25-26H2,1-4H3;1H/q+1;/p-1. The number of rotatable bonds is 20. The Morgan fingerprint density at radius 1 is 0.758 bits per heavy atom. The predicted octanol–water partition coefficient (Wildman–Crippen LogP) is 5.18. The SMILES string of the molecule is CCCCCCCC[N+](C)(C)CCCCCCCCCC(CC)C(=O)Oc1ccccc1.[Cl-]. The average molecular weight is 482 g/mol. The molecule has 4 heteroatoms. The van der Waals surface area contributed by atoms with Crippen molar-refractivity contribution >= 4 is 5.97 Å². The Bertz CT molecular complexity index is 576. The number of unbranched alkanes of at least 4 members (excludes halogenated alkanes) is 11. The first-order valence-corrected chi connectivity index (χ1v) is 13.6. The second kappa shape index (κ2) is 20.3. The molecule has 0 saturated carbocycles. The Labute approximate surface area is 211 Å². The Kier molecular flexibility index (Phi) is 19.7. The molecule has 0 bridgehead atoms. The molecule has 192 valence electrons. The van der Waals surface area contributed by atoms with Gasteiger partial charge in [-0.2, -0.15) is 0 Å². The number of carbonyl (C=O) groups excluding carboxylic acids is 1. The van der Waals surface area contributed by atoms with E-state index in [-0.39, 0.29) is 24.3 Å². The second-order valence-corrected chi connectivity index (χ2v) is 10.3. The maximum Gasteiger partial charge on any atom is 0.314 e. The third-order valence-electron chi connectivity index (χ3n) is 6.72. The normalized spacial score (nSPS) is 12.2. The minimum Gasteiger partial charge on any atom is -1.00 e. The fraction of sp³-hybridized carbons (Fsp3) is 0.759. The summed E-state index contributed by atoms with van der Waals surface area (Å²) in [5.41, 5.74) is 0. The maximum absolute atomic E-state index is 12.4. The summed E-state index contributed by atoms with van der Waals surface area (Å²) in [6, 6.07) is 9.43. The monoisotopic (exact) mass is 481 g/mol. The minimum atomic E-state index is -0.0691. The molecular weight excluding hydrogens is 430 g/mol. The number of quaternary nitrogens is 1. The van der Waals surface area contributed by atoms with Gasteiger partial charge in [-0.3, -0.25) is 4.79 Å². The van der Waals surface area contributed by atoms with Crippen LogP contribution in [0.5, 0.6) is 5.75 Å². The van der Waals surface area contributed by atoms with Crippen LogP contribution >= 0.6 is 0 Å². The maximum atomic E-state index is 12.4. The summed E-state index contributed by atoms with van der Waals surface area (Å²) in [5, 5.41) is 0. The van der Waals surface area contributed by atoms with Crippen LogP contribution in [0.4, 0.5) is 0 Å². The first-order valence-electron chi connectivity index (χ1n) is 13.6. The Morgan fingerprint density at radius 3 is 1.76 bits per heavy atom. The number of para-hydroxylation sites is 1. The van der Waals surface area contributed by atoms with Crippen LogP contribution in [0.3, 0.4) is 0 Å². The van der Waals surface area contributed by atoms with E-state index in [0.29, 0.717) is 5.75 Å². The molecule has 0 aliphatic carbocycles. The van der Waals surface area contributed by atoms with E-state index >= 15 is 0 Å². The lowest BCUT2D eigenvalue weighted by molar-refractivity contribution is -0.890. The number of esters is 1. The van der Waals surface area contributed by atoms with Gasteiger partial charge >= 0.3 is 5.97 Å². The molecule has 0 fully saturated rings. The largest absolute Gasteiger partial charge is 1.00 e. The molecule has 0 N–H and O–H groups in total. The predicted molar refractivity (Wildman–Crippen MR) is 138 cm³/mol. The van der Waals surface area contributed by atoms with Gasteiger partial charge in [0.05, 0.1) is 33.1 Å².